The van der Waals surface area contributed by atoms with Crippen molar-refractivity contribution in [1.29, 1.82) is 0 Å². The summed E-state index contributed by atoms with van der Waals surface area (Å²) in [5.74, 6) is -0.768. The zero-order valence-electron chi connectivity index (χ0n) is 13.5. The minimum absolute atomic E-state index is 0.148. The van der Waals surface area contributed by atoms with Crippen molar-refractivity contribution in [3.8, 4) is 0 Å². The molecule has 0 radical (unpaired) electrons. The van der Waals surface area contributed by atoms with E-state index < -0.39 is 5.97 Å². The van der Waals surface area contributed by atoms with E-state index in [1.807, 2.05) is 0 Å². The molecule has 1 fully saturated rings. The maximum Gasteiger partial charge on any atom is 0.325 e. The highest BCUT2D eigenvalue weighted by Crippen LogP contribution is 2.11. The number of hydrogen-bond donors (Lipinski definition) is 2. The zero-order chi connectivity index (χ0) is 17.4. The molecule has 8 heteroatoms. The summed E-state index contributed by atoms with van der Waals surface area (Å²) in [4.78, 5) is 36.4. The van der Waals surface area contributed by atoms with Gasteiger partial charge in [0.25, 0.3) is 0 Å². The number of methoxy groups -OCH3 is 1. The lowest BCUT2D eigenvalue weighted by Gasteiger charge is -2.26. The van der Waals surface area contributed by atoms with Crippen LogP contribution in [0.1, 0.15) is 5.56 Å². The van der Waals surface area contributed by atoms with Gasteiger partial charge in [-0.2, -0.15) is 0 Å². The highest BCUT2D eigenvalue weighted by Gasteiger charge is 2.16. The topological polar surface area (TPSA) is 97.0 Å². The summed E-state index contributed by atoms with van der Waals surface area (Å²) in [5, 5.41) is 5.28. The molecule has 0 spiro atoms. The van der Waals surface area contributed by atoms with Crippen molar-refractivity contribution < 1.29 is 23.9 Å². The first kappa shape index (κ1) is 17.7. The Morgan fingerprint density at radius 2 is 1.83 bits per heavy atom. The fourth-order valence-electron chi connectivity index (χ4n) is 2.17. The van der Waals surface area contributed by atoms with E-state index in [0.29, 0.717) is 32.0 Å². The smallest absolute Gasteiger partial charge is 0.325 e. The molecule has 8 nitrogen and oxygen atoms in total. The number of nitrogens with zero attached hydrogens (tertiary/aromatic N) is 1. The van der Waals surface area contributed by atoms with E-state index in [9.17, 15) is 14.4 Å². The van der Waals surface area contributed by atoms with Crippen LogP contribution in [0.5, 0.6) is 0 Å². The van der Waals surface area contributed by atoms with Gasteiger partial charge in [-0.25, -0.2) is 4.79 Å². The largest absolute Gasteiger partial charge is 0.468 e. The molecule has 1 aromatic rings. The molecular formula is C16H21N3O5. The highest BCUT2D eigenvalue weighted by atomic mass is 16.5. The van der Waals surface area contributed by atoms with E-state index >= 15 is 0 Å². The van der Waals surface area contributed by atoms with Gasteiger partial charge in [0.1, 0.15) is 6.54 Å². The van der Waals surface area contributed by atoms with Crippen LogP contribution in [0.2, 0.25) is 0 Å². The van der Waals surface area contributed by atoms with E-state index in [1.165, 1.54) is 7.11 Å². The van der Waals surface area contributed by atoms with Crippen LogP contribution >= 0.6 is 0 Å². The van der Waals surface area contributed by atoms with E-state index in [0.717, 1.165) is 5.56 Å². The Bertz CT molecular complexity index is 582. The van der Waals surface area contributed by atoms with Crippen LogP contribution < -0.4 is 10.6 Å². The van der Waals surface area contributed by atoms with Gasteiger partial charge in [-0.15, -0.1) is 0 Å². The van der Waals surface area contributed by atoms with Crippen LogP contribution in [0.4, 0.5) is 10.5 Å². The van der Waals surface area contributed by atoms with Crippen molar-refractivity contribution in [2.75, 3.05) is 45.3 Å². The third kappa shape index (κ3) is 5.54. The maximum absolute atomic E-state index is 12.1. The Kier molecular flexibility index (Phi) is 6.56. The van der Waals surface area contributed by atoms with Crippen LogP contribution in [0.15, 0.2) is 24.3 Å². The van der Waals surface area contributed by atoms with E-state index in [4.69, 9.17) is 4.74 Å². The van der Waals surface area contributed by atoms with Crippen molar-refractivity contribution in [2.24, 2.45) is 0 Å². The van der Waals surface area contributed by atoms with E-state index in [-0.39, 0.29) is 24.9 Å². The molecule has 1 aromatic carbocycles. The lowest BCUT2D eigenvalue weighted by Crippen LogP contribution is -2.43. The Morgan fingerprint density at radius 1 is 1.17 bits per heavy atom. The number of carbonyl (C=O) groups is 3. The number of esters is 1. The first-order valence-corrected chi connectivity index (χ1v) is 7.64. The van der Waals surface area contributed by atoms with Gasteiger partial charge >= 0.3 is 12.0 Å². The second-order valence-corrected chi connectivity index (χ2v) is 5.26. The average Bonchev–Trinajstić information content (AvgIpc) is 2.62. The molecular weight excluding hydrogens is 314 g/mol. The summed E-state index contributed by atoms with van der Waals surface area (Å²) in [7, 11) is 1.26. The second kappa shape index (κ2) is 8.88. The standard InChI is InChI=1S/C16H21N3O5/c1-23-15(21)11-17-14(20)10-12-2-4-13(5-3-12)18-16(22)19-6-8-24-9-7-19/h2-5H,6-11H2,1H3,(H,17,20)(H,18,22). The van der Waals surface area contributed by atoms with Gasteiger partial charge in [0.2, 0.25) is 5.91 Å². The summed E-state index contributed by atoms with van der Waals surface area (Å²) in [5.41, 5.74) is 1.44. The summed E-state index contributed by atoms with van der Waals surface area (Å²) in [6, 6.07) is 6.82. The van der Waals surface area contributed by atoms with Crippen molar-refractivity contribution in [3.05, 3.63) is 29.8 Å². The summed E-state index contributed by atoms with van der Waals surface area (Å²) in [6.45, 7) is 2.09. The van der Waals surface area contributed by atoms with Gasteiger partial charge in [0, 0.05) is 18.8 Å². The lowest BCUT2D eigenvalue weighted by molar-refractivity contribution is -0.141. The fourth-order valence-corrected chi connectivity index (χ4v) is 2.17. The van der Waals surface area contributed by atoms with Gasteiger partial charge in [0.15, 0.2) is 0 Å². The number of amides is 3. The first-order chi connectivity index (χ1) is 11.6. The normalized spacial score (nSPS) is 14.0. The first-order valence-electron chi connectivity index (χ1n) is 7.64. The van der Waals surface area contributed by atoms with Gasteiger partial charge in [-0.1, -0.05) is 12.1 Å². The molecule has 0 bridgehead atoms. The molecule has 0 unspecified atom stereocenters. The molecule has 24 heavy (non-hydrogen) atoms. The number of morpholine rings is 1. The molecule has 1 heterocycles. The van der Waals surface area contributed by atoms with Crippen molar-refractivity contribution in [2.45, 2.75) is 6.42 Å². The Balaban J connectivity index is 1.80. The molecule has 2 N–H and O–H groups in total. The van der Waals surface area contributed by atoms with Crippen molar-refractivity contribution in [3.63, 3.8) is 0 Å². The second-order valence-electron chi connectivity index (χ2n) is 5.26. The molecule has 1 aliphatic rings. The number of hydrogen-bond acceptors (Lipinski definition) is 5. The number of urea groups is 1. The molecule has 1 saturated heterocycles. The minimum atomic E-state index is -0.496. The van der Waals surface area contributed by atoms with Gasteiger partial charge < -0.3 is 25.0 Å². The van der Waals surface area contributed by atoms with Gasteiger partial charge in [-0.05, 0) is 17.7 Å². The fraction of sp³-hybridized carbons (Fsp3) is 0.438. The molecule has 3 amide bonds. The Morgan fingerprint density at radius 3 is 2.46 bits per heavy atom. The van der Waals surface area contributed by atoms with Crippen LogP contribution in [0.3, 0.4) is 0 Å². The third-order valence-electron chi connectivity index (χ3n) is 3.53. The van der Waals surface area contributed by atoms with Gasteiger partial charge in [-0.3, -0.25) is 9.59 Å². The quantitative estimate of drug-likeness (QED) is 0.759. The number of rotatable bonds is 5. The number of carbonyl (C=O) groups excluding carboxylic acids is 3. The number of ether oxygens (including phenoxy) is 2. The predicted octanol–water partition coefficient (Wildman–Crippen LogP) is 0.382. The molecule has 0 atom stereocenters. The summed E-state index contributed by atoms with van der Waals surface area (Å²) < 4.78 is 9.65. The minimum Gasteiger partial charge on any atom is -0.468 e. The van der Waals surface area contributed by atoms with Crippen molar-refractivity contribution >= 4 is 23.6 Å². The molecule has 130 valence electrons. The Labute approximate surface area is 140 Å². The molecule has 0 aliphatic carbocycles. The third-order valence-corrected chi connectivity index (χ3v) is 3.53. The molecule has 2 rings (SSSR count). The van der Waals surface area contributed by atoms with Crippen LogP contribution in [0, 0.1) is 0 Å². The van der Waals surface area contributed by atoms with Crippen LogP contribution in [0.25, 0.3) is 0 Å². The monoisotopic (exact) mass is 335 g/mol. The highest BCUT2D eigenvalue weighted by molar-refractivity contribution is 5.89. The summed E-state index contributed by atoms with van der Waals surface area (Å²) >= 11 is 0. The molecule has 1 aliphatic heterocycles. The van der Waals surface area contributed by atoms with Crippen LogP contribution in [-0.4, -0.2) is 62.8 Å². The summed E-state index contributed by atoms with van der Waals surface area (Å²) in [6.07, 6.45) is 0.148. The molecule has 0 aromatic heterocycles. The Hall–Kier alpha value is -2.61. The van der Waals surface area contributed by atoms with Crippen molar-refractivity contribution in [1.82, 2.24) is 10.2 Å². The number of nitrogens with one attached hydrogen (secondary N) is 2. The number of benzene rings is 1. The SMILES string of the molecule is COC(=O)CNC(=O)Cc1ccc(NC(=O)N2CCOCC2)cc1. The maximum atomic E-state index is 12.1. The van der Waals surface area contributed by atoms with E-state index in [1.54, 1.807) is 29.2 Å². The van der Waals surface area contributed by atoms with Gasteiger partial charge in [0.05, 0.1) is 26.7 Å². The average molecular weight is 335 g/mol. The zero-order valence-corrected chi connectivity index (χ0v) is 13.5. The lowest BCUT2D eigenvalue weighted by atomic mass is 10.1. The predicted molar refractivity (Wildman–Crippen MR) is 86.6 cm³/mol. The van der Waals surface area contributed by atoms with E-state index in [2.05, 4.69) is 15.4 Å². The molecule has 0 saturated carbocycles. The van der Waals surface area contributed by atoms with Crippen LogP contribution in [-0.2, 0) is 25.5 Å². The number of anilines is 1.